The number of amides is 2. The lowest BCUT2D eigenvalue weighted by molar-refractivity contribution is -0.124. The van der Waals surface area contributed by atoms with Gasteiger partial charge in [0.25, 0.3) is 5.91 Å². The molecule has 1 aliphatic rings. The van der Waals surface area contributed by atoms with Crippen molar-refractivity contribution in [2.75, 3.05) is 38.6 Å². The molecule has 3 rings (SSSR count). The van der Waals surface area contributed by atoms with Gasteiger partial charge in [0.05, 0.1) is 27.8 Å². The van der Waals surface area contributed by atoms with Gasteiger partial charge in [0.15, 0.2) is 11.5 Å². The maximum atomic E-state index is 12.5. The Bertz CT molecular complexity index is 866. The van der Waals surface area contributed by atoms with Crippen LogP contribution >= 0.6 is 0 Å². The number of hydrogen-bond donors (Lipinski definition) is 2. The molecule has 0 aromatic heterocycles. The minimum absolute atomic E-state index is 0.133. The summed E-state index contributed by atoms with van der Waals surface area (Å²) >= 11 is 0. The van der Waals surface area contributed by atoms with Crippen molar-refractivity contribution in [2.24, 2.45) is 0 Å². The zero-order chi connectivity index (χ0) is 21.5. The smallest absolute Gasteiger partial charge is 0.253 e. The van der Waals surface area contributed by atoms with E-state index in [4.69, 9.17) is 18.9 Å². The molecule has 8 heteroatoms. The van der Waals surface area contributed by atoms with Crippen LogP contribution in [0.3, 0.4) is 0 Å². The van der Waals surface area contributed by atoms with Crippen LogP contribution in [-0.4, -0.2) is 45.9 Å². The molecule has 2 aromatic carbocycles. The average molecular weight is 414 g/mol. The predicted octanol–water partition coefficient (Wildman–Crippen LogP) is 3.01. The first kappa shape index (κ1) is 21.4. The van der Waals surface area contributed by atoms with Gasteiger partial charge in [-0.1, -0.05) is 0 Å². The number of carbonyl (C=O) groups is 2. The summed E-state index contributed by atoms with van der Waals surface area (Å²) in [5.41, 5.74) is 2.00. The highest BCUT2D eigenvalue weighted by Crippen LogP contribution is 2.38. The van der Waals surface area contributed by atoms with E-state index >= 15 is 0 Å². The molecule has 2 amide bonds. The minimum Gasteiger partial charge on any atom is -0.493 e. The number of methoxy groups -OCH3 is 3. The van der Waals surface area contributed by atoms with Crippen molar-refractivity contribution in [3.05, 3.63) is 42.0 Å². The van der Waals surface area contributed by atoms with E-state index in [0.717, 1.165) is 18.4 Å². The molecule has 0 aliphatic carbocycles. The van der Waals surface area contributed by atoms with Gasteiger partial charge in [-0.05, 0) is 54.8 Å². The summed E-state index contributed by atoms with van der Waals surface area (Å²) in [6.07, 6.45) is 1.38. The molecule has 1 aliphatic heterocycles. The molecular weight excluding hydrogens is 388 g/mol. The number of rotatable bonds is 8. The lowest BCUT2D eigenvalue weighted by atomic mass is 10.1. The second-order valence-electron chi connectivity index (χ2n) is 6.83. The van der Waals surface area contributed by atoms with E-state index in [-0.39, 0.29) is 24.3 Å². The van der Waals surface area contributed by atoms with E-state index in [1.807, 2.05) is 0 Å². The largest absolute Gasteiger partial charge is 0.493 e. The summed E-state index contributed by atoms with van der Waals surface area (Å²) in [6.45, 7) is 0.620. The zero-order valence-corrected chi connectivity index (χ0v) is 17.3. The fourth-order valence-electron chi connectivity index (χ4n) is 3.27. The van der Waals surface area contributed by atoms with Crippen molar-refractivity contribution < 1.29 is 28.5 Å². The van der Waals surface area contributed by atoms with E-state index in [1.165, 1.54) is 21.3 Å². The van der Waals surface area contributed by atoms with Crippen molar-refractivity contribution >= 4 is 23.2 Å². The molecule has 0 radical (unpaired) electrons. The van der Waals surface area contributed by atoms with E-state index < -0.39 is 0 Å². The summed E-state index contributed by atoms with van der Waals surface area (Å²) in [6, 6.07) is 10.4. The monoisotopic (exact) mass is 414 g/mol. The van der Waals surface area contributed by atoms with Crippen LogP contribution in [0.25, 0.3) is 0 Å². The highest BCUT2D eigenvalue weighted by Gasteiger charge is 2.23. The Morgan fingerprint density at radius 3 is 2.07 bits per heavy atom. The number of nitrogens with one attached hydrogen (secondary N) is 2. The first-order valence-electron chi connectivity index (χ1n) is 9.65. The maximum Gasteiger partial charge on any atom is 0.253 e. The molecule has 2 N–H and O–H groups in total. The van der Waals surface area contributed by atoms with Gasteiger partial charge >= 0.3 is 0 Å². The van der Waals surface area contributed by atoms with Gasteiger partial charge in [0, 0.05) is 18.0 Å². The van der Waals surface area contributed by atoms with Gasteiger partial charge in [0.2, 0.25) is 11.7 Å². The molecule has 0 bridgehead atoms. The van der Waals surface area contributed by atoms with E-state index in [2.05, 4.69) is 10.6 Å². The fraction of sp³-hybridized carbons (Fsp3) is 0.364. The molecule has 0 saturated carbocycles. The number of ether oxygens (including phenoxy) is 4. The van der Waals surface area contributed by atoms with Gasteiger partial charge in [-0.25, -0.2) is 0 Å². The molecule has 1 fully saturated rings. The van der Waals surface area contributed by atoms with Crippen molar-refractivity contribution in [2.45, 2.75) is 25.4 Å². The van der Waals surface area contributed by atoms with Crippen molar-refractivity contribution in [1.82, 2.24) is 0 Å². The number of benzene rings is 2. The molecule has 2 aromatic rings. The van der Waals surface area contributed by atoms with Crippen LogP contribution in [-0.2, 0) is 20.7 Å². The number of hydrogen-bond acceptors (Lipinski definition) is 6. The third-order valence-electron chi connectivity index (χ3n) is 4.75. The quantitative estimate of drug-likeness (QED) is 0.690. The van der Waals surface area contributed by atoms with Gasteiger partial charge in [0.1, 0.15) is 6.10 Å². The molecule has 1 saturated heterocycles. The zero-order valence-electron chi connectivity index (χ0n) is 17.3. The Labute approximate surface area is 175 Å². The van der Waals surface area contributed by atoms with Gasteiger partial charge in [-0.2, -0.15) is 0 Å². The molecule has 0 spiro atoms. The van der Waals surface area contributed by atoms with E-state index in [1.54, 1.807) is 36.4 Å². The SMILES string of the molecule is COc1cc(CC(=O)Nc2ccc(NC(=O)[C@@H]3CCCO3)cc2)cc(OC)c1OC. The molecule has 0 unspecified atom stereocenters. The highest BCUT2D eigenvalue weighted by atomic mass is 16.5. The number of anilines is 2. The summed E-state index contributed by atoms with van der Waals surface area (Å²) in [4.78, 5) is 24.6. The Balaban J connectivity index is 1.60. The number of carbonyl (C=O) groups excluding carboxylic acids is 2. The summed E-state index contributed by atoms with van der Waals surface area (Å²) in [7, 11) is 4.58. The van der Waals surface area contributed by atoms with Crippen LogP contribution < -0.4 is 24.8 Å². The Morgan fingerprint density at radius 1 is 0.967 bits per heavy atom. The predicted molar refractivity (Wildman–Crippen MR) is 112 cm³/mol. The molecule has 8 nitrogen and oxygen atoms in total. The lowest BCUT2D eigenvalue weighted by Crippen LogP contribution is -2.26. The third kappa shape index (κ3) is 5.21. The lowest BCUT2D eigenvalue weighted by Gasteiger charge is -2.14. The van der Waals surface area contributed by atoms with E-state index in [0.29, 0.717) is 35.2 Å². The Kier molecular flexibility index (Phi) is 7.13. The molecule has 160 valence electrons. The Hall–Kier alpha value is -3.26. The van der Waals surface area contributed by atoms with Crippen molar-refractivity contribution in [1.29, 1.82) is 0 Å². The molecule has 1 heterocycles. The van der Waals surface area contributed by atoms with E-state index in [9.17, 15) is 9.59 Å². The van der Waals surface area contributed by atoms with Gasteiger partial charge < -0.3 is 29.6 Å². The Morgan fingerprint density at radius 2 is 1.57 bits per heavy atom. The van der Waals surface area contributed by atoms with Crippen LogP contribution in [0.5, 0.6) is 17.2 Å². The first-order chi connectivity index (χ1) is 14.5. The van der Waals surface area contributed by atoms with Crippen LogP contribution in [0.2, 0.25) is 0 Å². The van der Waals surface area contributed by atoms with Gasteiger partial charge in [-0.15, -0.1) is 0 Å². The van der Waals surface area contributed by atoms with Crippen molar-refractivity contribution in [3.8, 4) is 17.2 Å². The van der Waals surface area contributed by atoms with Gasteiger partial charge in [-0.3, -0.25) is 9.59 Å². The maximum absolute atomic E-state index is 12.5. The normalized spacial score (nSPS) is 15.4. The second kappa shape index (κ2) is 9.98. The first-order valence-corrected chi connectivity index (χ1v) is 9.65. The second-order valence-corrected chi connectivity index (χ2v) is 6.83. The van der Waals surface area contributed by atoms with Crippen LogP contribution in [0.4, 0.5) is 11.4 Å². The average Bonchev–Trinajstić information content (AvgIpc) is 3.29. The minimum atomic E-state index is -0.386. The van der Waals surface area contributed by atoms with Crippen LogP contribution in [0.1, 0.15) is 18.4 Å². The molecule has 1 atom stereocenters. The summed E-state index contributed by atoms with van der Waals surface area (Å²) in [5.74, 6) is 1.12. The molecular formula is C22H26N2O6. The molecule has 30 heavy (non-hydrogen) atoms. The topological polar surface area (TPSA) is 95.1 Å². The van der Waals surface area contributed by atoms with Crippen LogP contribution in [0.15, 0.2) is 36.4 Å². The summed E-state index contributed by atoms with van der Waals surface area (Å²) < 4.78 is 21.3. The fourth-order valence-corrected chi connectivity index (χ4v) is 3.27. The third-order valence-corrected chi connectivity index (χ3v) is 4.75. The highest BCUT2D eigenvalue weighted by molar-refractivity contribution is 5.95. The van der Waals surface area contributed by atoms with Crippen molar-refractivity contribution in [3.63, 3.8) is 0 Å². The summed E-state index contributed by atoms with van der Waals surface area (Å²) in [5, 5.41) is 5.66. The van der Waals surface area contributed by atoms with Crippen LogP contribution in [0, 0.1) is 0 Å². The standard InChI is InChI=1S/C22H26N2O6/c1-27-18-11-14(12-19(28-2)21(18)29-3)13-20(25)23-15-6-8-16(9-7-15)24-22(26)17-5-4-10-30-17/h6-9,11-12,17H,4-5,10,13H2,1-3H3,(H,23,25)(H,24,26)/t17-/m0/s1.